The van der Waals surface area contributed by atoms with Crippen LogP contribution in [0.4, 0.5) is 4.79 Å². The summed E-state index contributed by atoms with van der Waals surface area (Å²) in [6, 6.07) is 16.9. The minimum atomic E-state index is -0.798. The van der Waals surface area contributed by atoms with E-state index >= 15 is 0 Å². The molecule has 1 heterocycles. The summed E-state index contributed by atoms with van der Waals surface area (Å²) in [5.41, 5.74) is 1.15. The zero-order chi connectivity index (χ0) is 21.7. The van der Waals surface area contributed by atoms with Crippen molar-refractivity contribution in [2.75, 3.05) is 6.54 Å². The molecule has 0 unspecified atom stereocenters. The first-order valence-corrected chi connectivity index (χ1v) is 10.7. The zero-order valence-corrected chi connectivity index (χ0v) is 17.4. The second-order valence-electron chi connectivity index (χ2n) is 8.16. The van der Waals surface area contributed by atoms with Crippen LogP contribution in [0.3, 0.4) is 0 Å². The number of amides is 4. The van der Waals surface area contributed by atoms with Gasteiger partial charge in [-0.3, -0.25) is 14.5 Å². The maximum absolute atomic E-state index is 12.8. The summed E-state index contributed by atoms with van der Waals surface area (Å²) < 4.78 is 5.73. The number of hydrogen-bond acceptors (Lipinski definition) is 4. The van der Waals surface area contributed by atoms with Crippen LogP contribution >= 0.6 is 0 Å². The molecule has 2 N–H and O–H groups in total. The molecule has 1 saturated carbocycles. The largest absolute Gasteiger partial charge is 0.489 e. The van der Waals surface area contributed by atoms with E-state index in [2.05, 4.69) is 10.6 Å². The topological polar surface area (TPSA) is 87.7 Å². The fourth-order valence-electron chi connectivity index (χ4n) is 4.15. The number of benzene rings is 2. The van der Waals surface area contributed by atoms with Gasteiger partial charge in [0, 0.05) is 6.54 Å². The van der Waals surface area contributed by atoms with Crippen molar-refractivity contribution in [2.24, 2.45) is 0 Å². The van der Waals surface area contributed by atoms with Crippen molar-refractivity contribution in [3.05, 3.63) is 65.7 Å². The van der Waals surface area contributed by atoms with E-state index in [0.717, 1.165) is 41.0 Å². The van der Waals surface area contributed by atoms with Gasteiger partial charge in [0.2, 0.25) is 5.91 Å². The van der Waals surface area contributed by atoms with Crippen molar-refractivity contribution in [1.29, 1.82) is 0 Å². The Hall–Kier alpha value is -3.35. The average molecular weight is 421 g/mol. The lowest BCUT2D eigenvalue weighted by Gasteiger charge is -2.30. The second kappa shape index (κ2) is 9.20. The smallest absolute Gasteiger partial charge is 0.325 e. The normalized spacial score (nSPS) is 17.5. The van der Waals surface area contributed by atoms with Gasteiger partial charge in [-0.2, -0.15) is 0 Å². The van der Waals surface area contributed by atoms with Crippen LogP contribution in [0.2, 0.25) is 0 Å². The van der Waals surface area contributed by atoms with Gasteiger partial charge in [-0.05, 0) is 36.1 Å². The minimum Gasteiger partial charge on any atom is -0.489 e. The first-order chi connectivity index (χ1) is 15.1. The van der Waals surface area contributed by atoms with Crippen LogP contribution in [0.15, 0.2) is 54.6 Å². The number of urea groups is 1. The Bertz CT molecular complexity index is 937. The molecule has 0 aromatic heterocycles. The molecule has 1 spiro atoms. The maximum Gasteiger partial charge on any atom is 0.325 e. The molecule has 1 aliphatic heterocycles. The van der Waals surface area contributed by atoms with Crippen LogP contribution in [0.25, 0.3) is 0 Å². The molecule has 7 nitrogen and oxygen atoms in total. The van der Waals surface area contributed by atoms with Gasteiger partial charge in [0.05, 0.1) is 0 Å². The number of nitrogens with one attached hydrogen (secondary N) is 2. The molecule has 1 saturated heterocycles. The highest BCUT2D eigenvalue weighted by molar-refractivity contribution is 6.09. The molecule has 0 bridgehead atoms. The van der Waals surface area contributed by atoms with Crippen LogP contribution in [0.1, 0.15) is 43.2 Å². The molecular weight excluding hydrogens is 394 g/mol. The number of ether oxygens (including phenoxy) is 1. The lowest BCUT2D eigenvalue weighted by atomic mass is 9.82. The van der Waals surface area contributed by atoms with Crippen molar-refractivity contribution in [2.45, 2.75) is 50.8 Å². The Morgan fingerprint density at radius 1 is 0.968 bits per heavy atom. The summed E-state index contributed by atoms with van der Waals surface area (Å²) in [6.07, 6.45) is 4.20. The van der Waals surface area contributed by atoms with Gasteiger partial charge in [0.15, 0.2) is 0 Å². The van der Waals surface area contributed by atoms with Crippen molar-refractivity contribution in [3.63, 3.8) is 0 Å². The number of rotatable bonds is 7. The Morgan fingerprint density at radius 3 is 2.35 bits per heavy atom. The number of nitrogens with zero attached hydrogens (tertiary/aromatic N) is 1. The van der Waals surface area contributed by atoms with Crippen LogP contribution < -0.4 is 15.4 Å². The van der Waals surface area contributed by atoms with E-state index < -0.39 is 11.6 Å². The van der Waals surface area contributed by atoms with Gasteiger partial charge in [-0.15, -0.1) is 0 Å². The molecule has 2 aromatic carbocycles. The van der Waals surface area contributed by atoms with E-state index in [1.54, 1.807) is 0 Å². The number of hydrogen-bond donors (Lipinski definition) is 2. The number of carbonyl (C=O) groups is 3. The van der Waals surface area contributed by atoms with Crippen molar-refractivity contribution in [3.8, 4) is 5.75 Å². The highest BCUT2D eigenvalue weighted by atomic mass is 16.5. The van der Waals surface area contributed by atoms with E-state index in [9.17, 15) is 14.4 Å². The van der Waals surface area contributed by atoms with E-state index in [1.165, 1.54) is 0 Å². The molecule has 4 amide bonds. The predicted octanol–water partition coefficient (Wildman–Crippen LogP) is 3.14. The number of para-hydroxylation sites is 1. The lowest BCUT2D eigenvalue weighted by Crippen LogP contribution is -2.49. The van der Waals surface area contributed by atoms with Gasteiger partial charge in [0.25, 0.3) is 5.91 Å². The predicted molar refractivity (Wildman–Crippen MR) is 115 cm³/mol. The first-order valence-electron chi connectivity index (χ1n) is 10.7. The minimum absolute atomic E-state index is 0.255. The Balaban J connectivity index is 1.25. The maximum atomic E-state index is 12.8. The fourth-order valence-corrected chi connectivity index (χ4v) is 4.15. The second-order valence-corrected chi connectivity index (χ2v) is 8.16. The SMILES string of the molecule is O=C(CN1C(=O)NC2(CCCCC2)C1=O)NCc1ccc(COc2ccccc2)cc1. The molecule has 0 atom stereocenters. The Kier molecular flexibility index (Phi) is 6.21. The zero-order valence-electron chi connectivity index (χ0n) is 17.4. The van der Waals surface area contributed by atoms with Gasteiger partial charge in [0.1, 0.15) is 24.4 Å². The summed E-state index contributed by atoms with van der Waals surface area (Å²) in [7, 11) is 0. The monoisotopic (exact) mass is 421 g/mol. The summed E-state index contributed by atoms with van der Waals surface area (Å²) in [6.45, 7) is 0.535. The van der Waals surface area contributed by atoms with Gasteiger partial charge < -0.3 is 15.4 Å². The molecule has 2 fully saturated rings. The van der Waals surface area contributed by atoms with E-state index in [-0.39, 0.29) is 18.4 Å². The molecule has 31 heavy (non-hydrogen) atoms. The molecule has 4 rings (SSSR count). The van der Waals surface area contributed by atoms with Crippen molar-refractivity contribution >= 4 is 17.8 Å². The van der Waals surface area contributed by atoms with Gasteiger partial charge in [-0.1, -0.05) is 61.7 Å². The van der Waals surface area contributed by atoms with Crippen LogP contribution in [0.5, 0.6) is 5.75 Å². The molecule has 162 valence electrons. The van der Waals surface area contributed by atoms with E-state index in [1.807, 2.05) is 54.6 Å². The quantitative estimate of drug-likeness (QED) is 0.673. The van der Waals surface area contributed by atoms with Crippen LogP contribution in [-0.2, 0) is 22.7 Å². The van der Waals surface area contributed by atoms with Crippen LogP contribution in [0, 0.1) is 0 Å². The van der Waals surface area contributed by atoms with Gasteiger partial charge >= 0.3 is 6.03 Å². The third kappa shape index (κ3) is 4.87. The molecule has 0 radical (unpaired) electrons. The molecule has 2 aromatic rings. The summed E-state index contributed by atoms with van der Waals surface area (Å²) in [4.78, 5) is 38.4. The van der Waals surface area contributed by atoms with Crippen molar-refractivity contribution in [1.82, 2.24) is 15.5 Å². The molecule has 1 aliphatic carbocycles. The number of imide groups is 1. The third-order valence-electron chi connectivity index (χ3n) is 5.92. The Morgan fingerprint density at radius 2 is 1.65 bits per heavy atom. The molecular formula is C24H27N3O4. The highest BCUT2D eigenvalue weighted by Gasteiger charge is 2.51. The van der Waals surface area contributed by atoms with Crippen LogP contribution in [-0.4, -0.2) is 34.8 Å². The third-order valence-corrected chi connectivity index (χ3v) is 5.92. The average Bonchev–Trinajstić information content (AvgIpc) is 3.02. The summed E-state index contributed by atoms with van der Waals surface area (Å²) >= 11 is 0. The highest BCUT2D eigenvalue weighted by Crippen LogP contribution is 2.33. The fraction of sp³-hybridized carbons (Fsp3) is 0.375. The standard InChI is InChI=1S/C24H27N3O4/c28-21(16-27-22(29)24(26-23(27)30)13-5-2-6-14-24)25-15-18-9-11-19(12-10-18)17-31-20-7-3-1-4-8-20/h1,3-4,7-12H,2,5-6,13-17H2,(H,25,28)(H,26,30). The van der Waals surface area contributed by atoms with E-state index in [0.29, 0.717) is 26.0 Å². The summed E-state index contributed by atoms with van der Waals surface area (Å²) in [5.74, 6) is 0.192. The molecule has 7 heteroatoms. The van der Waals surface area contributed by atoms with E-state index in [4.69, 9.17) is 4.74 Å². The van der Waals surface area contributed by atoms with Crippen molar-refractivity contribution < 1.29 is 19.1 Å². The first kappa shape index (κ1) is 20.9. The van der Waals surface area contributed by atoms with Gasteiger partial charge in [-0.25, -0.2) is 4.79 Å². The lowest BCUT2D eigenvalue weighted by molar-refractivity contribution is -0.135. The summed E-state index contributed by atoms with van der Waals surface area (Å²) in [5, 5.41) is 5.62. The molecule has 2 aliphatic rings. The Labute approximate surface area is 181 Å². The number of carbonyl (C=O) groups excluding carboxylic acids is 3.